The second kappa shape index (κ2) is 5.88. The SMILES string of the molecule is C[C@@H]1[C@H](Nc2ccc(-c3cc4ccccc4[nH]3)nc2)C2CCN1CC2. The fourth-order valence-electron chi connectivity index (χ4n) is 4.59. The molecule has 4 nitrogen and oxygen atoms in total. The highest BCUT2D eigenvalue weighted by Gasteiger charge is 2.39. The van der Waals surface area contributed by atoms with Gasteiger partial charge in [0.05, 0.1) is 23.3 Å². The van der Waals surface area contributed by atoms with Crippen molar-refractivity contribution in [1.29, 1.82) is 0 Å². The largest absolute Gasteiger partial charge is 0.379 e. The highest BCUT2D eigenvalue weighted by molar-refractivity contribution is 5.85. The van der Waals surface area contributed by atoms with Gasteiger partial charge in [-0.25, -0.2) is 0 Å². The number of anilines is 1. The summed E-state index contributed by atoms with van der Waals surface area (Å²) in [4.78, 5) is 10.8. The van der Waals surface area contributed by atoms with E-state index in [1.807, 2.05) is 6.20 Å². The Hall–Kier alpha value is -2.33. The van der Waals surface area contributed by atoms with E-state index in [1.54, 1.807) is 0 Å². The van der Waals surface area contributed by atoms with Crippen LogP contribution in [0.3, 0.4) is 0 Å². The van der Waals surface area contributed by atoms with Crippen molar-refractivity contribution in [3.63, 3.8) is 0 Å². The summed E-state index contributed by atoms with van der Waals surface area (Å²) in [5.41, 5.74) is 4.35. The van der Waals surface area contributed by atoms with Crippen LogP contribution in [-0.2, 0) is 0 Å². The van der Waals surface area contributed by atoms with Crippen LogP contribution in [0.15, 0.2) is 48.7 Å². The number of piperidine rings is 3. The summed E-state index contributed by atoms with van der Waals surface area (Å²) in [7, 11) is 0. The molecule has 2 aromatic heterocycles. The number of pyridine rings is 1. The zero-order chi connectivity index (χ0) is 16.8. The Balaban J connectivity index is 1.36. The molecule has 0 radical (unpaired) electrons. The smallest absolute Gasteiger partial charge is 0.0866 e. The van der Waals surface area contributed by atoms with Gasteiger partial charge in [0.2, 0.25) is 0 Å². The molecule has 0 spiro atoms. The van der Waals surface area contributed by atoms with Crippen molar-refractivity contribution in [2.75, 3.05) is 18.4 Å². The summed E-state index contributed by atoms with van der Waals surface area (Å²) in [6.07, 6.45) is 4.62. The van der Waals surface area contributed by atoms with Crippen LogP contribution in [0.5, 0.6) is 0 Å². The first kappa shape index (κ1) is 15.0. The number of hydrogen-bond acceptors (Lipinski definition) is 3. The van der Waals surface area contributed by atoms with E-state index >= 15 is 0 Å². The molecule has 2 bridgehead atoms. The molecular formula is C21H24N4. The van der Waals surface area contributed by atoms with E-state index in [0.717, 1.165) is 28.5 Å². The third kappa shape index (κ3) is 2.61. The van der Waals surface area contributed by atoms with Gasteiger partial charge in [-0.05, 0) is 63.0 Å². The van der Waals surface area contributed by atoms with E-state index < -0.39 is 0 Å². The van der Waals surface area contributed by atoms with Crippen molar-refractivity contribution in [3.8, 4) is 11.4 Å². The lowest BCUT2D eigenvalue weighted by Gasteiger charge is -2.50. The zero-order valence-electron chi connectivity index (χ0n) is 14.6. The molecule has 3 aromatic rings. The summed E-state index contributed by atoms with van der Waals surface area (Å²) in [6, 6.07) is 15.9. The van der Waals surface area contributed by atoms with Gasteiger partial charge in [0, 0.05) is 23.0 Å². The highest BCUT2D eigenvalue weighted by atomic mass is 15.2. The molecule has 25 heavy (non-hydrogen) atoms. The molecular weight excluding hydrogens is 308 g/mol. The van der Waals surface area contributed by atoms with E-state index in [0.29, 0.717) is 12.1 Å². The molecule has 2 atom stereocenters. The summed E-state index contributed by atoms with van der Waals surface area (Å²) < 4.78 is 0. The molecule has 4 heteroatoms. The van der Waals surface area contributed by atoms with Gasteiger partial charge in [-0.15, -0.1) is 0 Å². The predicted molar refractivity (Wildman–Crippen MR) is 103 cm³/mol. The van der Waals surface area contributed by atoms with Crippen LogP contribution in [0.1, 0.15) is 19.8 Å². The quantitative estimate of drug-likeness (QED) is 0.758. The van der Waals surface area contributed by atoms with Gasteiger partial charge in [0.15, 0.2) is 0 Å². The van der Waals surface area contributed by atoms with E-state index in [2.05, 4.69) is 69.6 Å². The van der Waals surface area contributed by atoms with Crippen molar-refractivity contribution in [1.82, 2.24) is 14.9 Å². The van der Waals surface area contributed by atoms with Gasteiger partial charge in [-0.2, -0.15) is 0 Å². The second-order valence-electron chi connectivity index (χ2n) is 7.49. The number of hydrogen-bond donors (Lipinski definition) is 2. The molecule has 0 unspecified atom stereocenters. The fraction of sp³-hybridized carbons (Fsp3) is 0.381. The van der Waals surface area contributed by atoms with E-state index in [4.69, 9.17) is 0 Å². The summed E-state index contributed by atoms with van der Waals surface area (Å²) in [6.45, 7) is 4.89. The van der Waals surface area contributed by atoms with Gasteiger partial charge in [-0.3, -0.25) is 9.88 Å². The maximum absolute atomic E-state index is 4.69. The monoisotopic (exact) mass is 332 g/mol. The number of aromatic amines is 1. The second-order valence-corrected chi connectivity index (χ2v) is 7.49. The predicted octanol–water partition coefficient (Wildman–Crippen LogP) is 4.12. The Morgan fingerprint density at radius 1 is 1.12 bits per heavy atom. The van der Waals surface area contributed by atoms with Crippen LogP contribution in [0.25, 0.3) is 22.3 Å². The van der Waals surface area contributed by atoms with Crippen LogP contribution in [0, 0.1) is 5.92 Å². The minimum absolute atomic E-state index is 0.545. The minimum Gasteiger partial charge on any atom is -0.379 e. The van der Waals surface area contributed by atoms with Gasteiger partial charge in [0.25, 0.3) is 0 Å². The van der Waals surface area contributed by atoms with Crippen molar-refractivity contribution in [3.05, 3.63) is 48.7 Å². The molecule has 0 saturated carbocycles. The van der Waals surface area contributed by atoms with Crippen LogP contribution in [0.2, 0.25) is 0 Å². The number of aromatic nitrogens is 2. The Morgan fingerprint density at radius 3 is 2.68 bits per heavy atom. The van der Waals surface area contributed by atoms with Gasteiger partial charge >= 0.3 is 0 Å². The Kier molecular flexibility index (Phi) is 3.52. The maximum Gasteiger partial charge on any atom is 0.0866 e. The first-order chi connectivity index (χ1) is 12.3. The number of benzene rings is 1. The topological polar surface area (TPSA) is 44.0 Å². The lowest BCUT2D eigenvalue weighted by molar-refractivity contribution is 0.0458. The third-order valence-corrected chi connectivity index (χ3v) is 6.08. The van der Waals surface area contributed by atoms with Crippen LogP contribution >= 0.6 is 0 Å². The average molecular weight is 332 g/mol. The van der Waals surface area contributed by atoms with Crippen molar-refractivity contribution < 1.29 is 0 Å². The van der Waals surface area contributed by atoms with E-state index in [1.165, 1.54) is 31.3 Å². The molecule has 1 aromatic carbocycles. The van der Waals surface area contributed by atoms with Crippen LogP contribution < -0.4 is 5.32 Å². The molecule has 5 heterocycles. The minimum atomic E-state index is 0.545. The number of fused-ring (bicyclic) bond motifs is 4. The molecule has 0 aliphatic carbocycles. The molecule has 3 fully saturated rings. The first-order valence-corrected chi connectivity index (χ1v) is 9.33. The Morgan fingerprint density at radius 2 is 1.96 bits per heavy atom. The molecule has 0 amide bonds. The van der Waals surface area contributed by atoms with Gasteiger partial charge in [-0.1, -0.05) is 18.2 Å². The number of rotatable bonds is 3. The van der Waals surface area contributed by atoms with Crippen LogP contribution in [-0.4, -0.2) is 40.0 Å². The molecule has 128 valence electrons. The number of nitrogens with zero attached hydrogens (tertiary/aromatic N) is 2. The summed E-state index contributed by atoms with van der Waals surface area (Å²) >= 11 is 0. The summed E-state index contributed by atoms with van der Waals surface area (Å²) in [5, 5.41) is 4.98. The number of H-pyrrole nitrogens is 1. The normalized spacial score (nSPS) is 28.4. The standard InChI is InChI=1S/C21H24N4/c1-14-21(15-8-10-25(14)11-9-15)23-17-6-7-19(22-13-17)20-12-16-4-2-3-5-18(16)24-20/h2-7,12-15,21,23-24H,8-11H2,1H3/t14-,21+/m1/s1. The van der Waals surface area contributed by atoms with Crippen molar-refractivity contribution in [2.24, 2.45) is 5.92 Å². The molecule has 3 saturated heterocycles. The number of para-hydroxylation sites is 1. The van der Waals surface area contributed by atoms with Gasteiger partial charge in [0.1, 0.15) is 0 Å². The maximum atomic E-state index is 4.69. The molecule has 3 aliphatic heterocycles. The van der Waals surface area contributed by atoms with Crippen molar-refractivity contribution >= 4 is 16.6 Å². The summed E-state index contributed by atoms with van der Waals surface area (Å²) in [5.74, 6) is 0.799. The van der Waals surface area contributed by atoms with Crippen molar-refractivity contribution in [2.45, 2.75) is 31.8 Å². The lowest BCUT2D eigenvalue weighted by Crippen LogP contribution is -2.59. The zero-order valence-corrected chi connectivity index (χ0v) is 14.6. The highest BCUT2D eigenvalue weighted by Crippen LogP contribution is 2.34. The first-order valence-electron chi connectivity index (χ1n) is 9.33. The number of nitrogens with one attached hydrogen (secondary N) is 2. The lowest BCUT2D eigenvalue weighted by atomic mass is 9.79. The Bertz CT molecular complexity index is 839. The van der Waals surface area contributed by atoms with E-state index in [-0.39, 0.29) is 0 Å². The molecule has 2 N–H and O–H groups in total. The molecule has 3 aliphatic rings. The van der Waals surface area contributed by atoms with Crippen LogP contribution in [0.4, 0.5) is 5.69 Å². The third-order valence-electron chi connectivity index (χ3n) is 6.08. The fourth-order valence-corrected chi connectivity index (χ4v) is 4.59. The Labute approximate surface area is 148 Å². The van der Waals surface area contributed by atoms with E-state index in [9.17, 15) is 0 Å². The van der Waals surface area contributed by atoms with Gasteiger partial charge < -0.3 is 10.3 Å². The average Bonchev–Trinajstić information content (AvgIpc) is 3.10. The molecule has 6 rings (SSSR count).